The van der Waals surface area contributed by atoms with Gasteiger partial charge < -0.3 is 9.32 Å². The normalized spacial score (nSPS) is 11.5. The summed E-state index contributed by atoms with van der Waals surface area (Å²) in [6.07, 6.45) is 0. The minimum absolute atomic E-state index is 0.869. The molecule has 0 aliphatic carbocycles. The van der Waals surface area contributed by atoms with Crippen LogP contribution in [0.3, 0.4) is 0 Å². The fraction of sp³-hybridized carbons (Fsp3) is 0. The smallest absolute Gasteiger partial charge is 0.143 e. The first-order valence-corrected chi connectivity index (χ1v) is 15.7. The third-order valence-corrected chi connectivity index (χ3v) is 9.04. The third kappa shape index (κ3) is 4.27. The molecule has 2 heteroatoms. The molecule has 0 aliphatic rings. The maximum atomic E-state index is 6.88. The summed E-state index contributed by atoms with van der Waals surface area (Å²) in [6, 6.07) is 62.5. The minimum atomic E-state index is 0.869. The zero-order valence-corrected chi connectivity index (χ0v) is 25.1. The molecule has 0 fully saturated rings. The molecule has 8 aromatic carbocycles. The molecule has 0 unspecified atom stereocenters. The number of benzene rings is 8. The first kappa shape index (κ1) is 26.3. The van der Waals surface area contributed by atoms with Gasteiger partial charge in [0.1, 0.15) is 11.2 Å². The van der Waals surface area contributed by atoms with E-state index < -0.39 is 0 Å². The summed E-state index contributed by atoms with van der Waals surface area (Å²) >= 11 is 0. The number of anilines is 3. The largest absolute Gasteiger partial charge is 0.455 e. The van der Waals surface area contributed by atoms with Crippen LogP contribution in [0.15, 0.2) is 180 Å². The average molecular weight is 588 g/mol. The van der Waals surface area contributed by atoms with Crippen LogP contribution in [0.1, 0.15) is 0 Å². The van der Waals surface area contributed by atoms with Gasteiger partial charge in [-0.25, -0.2) is 0 Å². The van der Waals surface area contributed by atoms with E-state index in [1.54, 1.807) is 0 Å². The molecule has 46 heavy (non-hydrogen) atoms. The van der Waals surface area contributed by atoms with E-state index in [2.05, 4.69) is 181 Å². The summed E-state index contributed by atoms with van der Waals surface area (Å²) in [7, 11) is 0. The van der Waals surface area contributed by atoms with Crippen molar-refractivity contribution in [1.82, 2.24) is 0 Å². The lowest BCUT2D eigenvalue weighted by Crippen LogP contribution is -2.11. The lowest BCUT2D eigenvalue weighted by molar-refractivity contribution is 0.673. The fourth-order valence-electron chi connectivity index (χ4n) is 6.91. The van der Waals surface area contributed by atoms with E-state index in [1.165, 1.54) is 27.3 Å². The van der Waals surface area contributed by atoms with Crippen LogP contribution >= 0.6 is 0 Å². The highest BCUT2D eigenvalue weighted by Gasteiger charge is 2.22. The van der Waals surface area contributed by atoms with E-state index >= 15 is 0 Å². The SMILES string of the molecule is c1ccc(-c2ccc(N(c3ccccc3)c3cc4oc5c6ccccc6c6ccccc6c5c4cc3-c3ccccc3)cc2)cc1. The van der Waals surface area contributed by atoms with Crippen molar-refractivity contribution in [1.29, 1.82) is 0 Å². The maximum Gasteiger partial charge on any atom is 0.143 e. The van der Waals surface area contributed by atoms with E-state index in [-0.39, 0.29) is 0 Å². The van der Waals surface area contributed by atoms with E-state index in [1.807, 2.05) is 0 Å². The predicted octanol–water partition coefficient (Wildman–Crippen LogP) is 12.7. The van der Waals surface area contributed by atoms with Crippen molar-refractivity contribution >= 4 is 60.5 Å². The molecule has 1 aromatic heterocycles. The molecule has 0 saturated carbocycles. The van der Waals surface area contributed by atoms with Crippen LogP contribution in [0.25, 0.3) is 65.7 Å². The van der Waals surface area contributed by atoms with Crippen LogP contribution in [0.5, 0.6) is 0 Å². The molecule has 2 nitrogen and oxygen atoms in total. The van der Waals surface area contributed by atoms with Crippen molar-refractivity contribution in [2.75, 3.05) is 4.90 Å². The van der Waals surface area contributed by atoms with Crippen LogP contribution in [-0.4, -0.2) is 0 Å². The van der Waals surface area contributed by atoms with Crippen molar-refractivity contribution in [3.05, 3.63) is 176 Å². The number of nitrogens with zero attached hydrogens (tertiary/aromatic N) is 1. The van der Waals surface area contributed by atoms with Crippen molar-refractivity contribution in [3.63, 3.8) is 0 Å². The molecule has 9 aromatic rings. The molecule has 0 saturated heterocycles. The van der Waals surface area contributed by atoms with Gasteiger partial charge in [0.05, 0.1) is 5.69 Å². The number of rotatable bonds is 5. The highest BCUT2D eigenvalue weighted by molar-refractivity contribution is 6.30. The van der Waals surface area contributed by atoms with Gasteiger partial charge in [-0.05, 0) is 63.2 Å². The quantitative estimate of drug-likeness (QED) is 0.186. The number of fused-ring (bicyclic) bond motifs is 8. The Labute approximate surface area is 267 Å². The minimum Gasteiger partial charge on any atom is -0.455 e. The lowest BCUT2D eigenvalue weighted by Gasteiger charge is -2.28. The summed E-state index contributed by atoms with van der Waals surface area (Å²) in [5, 5.41) is 7.06. The van der Waals surface area contributed by atoms with Gasteiger partial charge in [0.2, 0.25) is 0 Å². The summed E-state index contributed by atoms with van der Waals surface area (Å²) in [4.78, 5) is 2.35. The molecule has 0 spiro atoms. The Balaban J connectivity index is 1.35. The van der Waals surface area contributed by atoms with Gasteiger partial charge in [-0.3, -0.25) is 0 Å². The standard InChI is InChI=1S/C44H29NO/c1-4-14-30(15-5-1)31-24-26-34(27-25-31)45(33-18-8-3-9-19-33)41-29-42-40(28-39(41)32-16-6-2-7-17-32)43-37-22-12-10-20-35(37)36-21-11-13-23-38(36)44(43)46-42/h1-29H. The average Bonchev–Trinajstić information content (AvgIpc) is 3.52. The highest BCUT2D eigenvalue weighted by atomic mass is 16.3. The molecular formula is C44H29NO. The van der Waals surface area contributed by atoms with E-state index in [9.17, 15) is 0 Å². The molecule has 0 aliphatic heterocycles. The molecule has 0 N–H and O–H groups in total. The van der Waals surface area contributed by atoms with E-state index in [0.29, 0.717) is 0 Å². The first-order chi connectivity index (χ1) is 22.8. The molecule has 0 bridgehead atoms. The van der Waals surface area contributed by atoms with Crippen molar-refractivity contribution in [2.45, 2.75) is 0 Å². The van der Waals surface area contributed by atoms with Crippen molar-refractivity contribution in [2.24, 2.45) is 0 Å². The molecule has 216 valence electrons. The Morgan fingerprint density at radius 1 is 0.370 bits per heavy atom. The van der Waals surface area contributed by atoms with E-state index in [4.69, 9.17) is 4.42 Å². The molecule has 0 atom stereocenters. The fourth-order valence-corrected chi connectivity index (χ4v) is 6.91. The monoisotopic (exact) mass is 587 g/mol. The van der Waals surface area contributed by atoms with Crippen molar-refractivity contribution < 1.29 is 4.42 Å². The lowest BCUT2D eigenvalue weighted by atomic mass is 9.95. The Kier molecular flexibility index (Phi) is 6.17. The summed E-state index contributed by atoms with van der Waals surface area (Å²) in [5.74, 6) is 0. The predicted molar refractivity (Wildman–Crippen MR) is 194 cm³/mol. The zero-order valence-electron chi connectivity index (χ0n) is 25.1. The summed E-state index contributed by atoms with van der Waals surface area (Å²) in [5.41, 5.74) is 9.70. The molecule has 0 radical (unpaired) electrons. The third-order valence-electron chi connectivity index (χ3n) is 9.04. The van der Waals surface area contributed by atoms with Gasteiger partial charge in [-0.2, -0.15) is 0 Å². The van der Waals surface area contributed by atoms with Gasteiger partial charge >= 0.3 is 0 Å². The second kappa shape index (κ2) is 10.8. The topological polar surface area (TPSA) is 16.4 Å². The number of furan rings is 1. The van der Waals surface area contributed by atoms with Crippen LogP contribution in [0.2, 0.25) is 0 Å². The van der Waals surface area contributed by atoms with Gasteiger partial charge in [0.15, 0.2) is 0 Å². The van der Waals surface area contributed by atoms with Crippen molar-refractivity contribution in [3.8, 4) is 22.3 Å². The van der Waals surface area contributed by atoms with Crippen LogP contribution in [0, 0.1) is 0 Å². The van der Waals surface area contributed by atoms with Gasteiger partial charge in [0.25, 0.3) is 0 Å². The number of hydrogen-bond donors (Lipinski definition) is 0. The summed E-state index contributed by atoms with van der Waals surface area (Å²) < 4.78 is 6.88. The Morgan fingerprint density at radius 2 is 0.870 bits per heavy atom. The van der Waals surface area contributed by atoms with Gasteiger partial charge in [0, 0.05) is 39.2 Å². The number of para-hydroxylation sites is 1. The Morgan fingerprint density at radius 3 is 1.54 bits per heavy atom. The van der Waals surface area contributed by atoms with Gasteiger partial charge in [-0.1, -0.05) is 140 Å². The second-order valence-corrected chi connectivity index (χ2v) is 11.7. The maximum absolute atomic E-state index is 6.88. The second-order valence-electron chi connectivity index (χ2n) is 11.7. The molecule has 0 amide bonds. The van der Waals surface area contributed by atoms with E-state index in [0.717, 1.165) is 55.5 Å². The molecule has 1 heterocycles. The Hall–Kier alpha value is -6.12. The Bertz CT molecular complexity index is 2500. The van der Waals surface area contributed by atoms with Crippen LogP contribution in [-0.2, 0) is 0 Å². The number of hydrogen-bond acceptors (Lipinski definition) is 2. The summed E-state index contributed by atoms with van der Waals surface area (Å²) in [6.45, 7) is 0. The highest BCUT2D eigenvalue weighted by Crippen LogP contribution is 2.47. The van der Waals surface area contributed by atoms with Crippen LogP contribution in [0.4, 0.5) is 17.1 Å². The molecule has 9 rings (SSSR count). The van der Waals surface area contributed by atoms with Crippen LogP contribution < -0.4 is 4.90 Å². The van der Waals surface area contributed by atoms with Gasteiger partial charge in [-0.15, -0.1) is 0 Å². The zero-order chi connectivity index (χ0) is 30.5. The first-order valence-electron chi connectivity index (χ1n) is 15.7. The molecular weight excluding hydrogens is 558 g/mol.